The van der Waals surface area contributed by atoms with Gasteiger partial charge in [0.2, 0.25) is 0 Å². The van der Waals surface area contributed by atoms with Crippen LogP contribution in [0.4, 0.5) is 0 Å². The number of benzene rings is 1. The van der Waals surface area contributed by atoms with Crippen molar-refractivity contribution in [3.05, 3.63) is 69.1 Å². The molecule has 0 saturated carbocycles. The number of ether oxygens (including phenoxy) is 1. The van der Waals surface area contributed by atoms with Crippen molar-refractivity contribution in [1.82, 2.24) is 9.97 Å². The maximum atomic E-state index is 9.14. The van der Waals surface area contributed by atoms with E-state index in [9.17, 15) is 0 Å². The van der Waals surface area contributed by atoms with Gasteiger partial charge in [0.1, 0.15) is 11.5 Å². The highest BCUT2D eigenvalue weighted by Crippen LogP contribution is 2.33. The molecule has 0 aliphatic rings. The molecule has 6 heteroatoms. The molecular weight excluding hydrogens is 369 g/mol. The third-order valence-corrected chi connectivity index (χ3v) is 4.88. The first-order valence-corrected chi connectivity index (χ1v) is 8.87. The van der Waals surface area contributed by atoms with E-state index in [1.165, 1.54) is 0 Å². The number of rotatable bonds is 5. The third-order valence-electron chi connectivity index (χ3n) is 4.15. The Hall–Kier alpha value is -2.48. The zero-order valence-corrected chi connectivity index (χ0v) is 16.0. The van der Waals surface area contributed by atoms with E-state index in [0.717, 1.165) is 27.7 Å². The number of aryl methyl sites for hydroxylation is 1. The van der Waals surface area contributed by atoms with Crippen LogP contribution in [0.15, 0.2) is 31.0 Å². The molecule has 0 aliphatic heterocycles. The predicted octanol–water partition coefficient (Wildman–Crippen LogP) is 5.65. The Bertz CT molecular complexity index is 1050. The highest BCUT2D eigenvalue weighted by atomic mass is 35.5. The number of nitrogens with one attached hydrogen (secondary N) is 1. The second-order valence-electron chi connectivity index (χ2n) is 5.94. The third kappa shape index (κ3) is 3.41. The van der Waals surface area contributed by atoms with Gasteiger partial charge in [-0.2, -0.15) is 5.26 Å². The van der Waals surface area contributed by atoms with Crippen LogP contribution in [0.2, 0.25) is 10.0 Å². The molecule has 0 atom stereocenters. The lowest BCUT2D eigenvalue weighted by atomic mass is 10.1. The molecule has 3 aromatic rings. The van der Waals surface area contributed by atoms with Gasteiger partial charge < -0.3 is 9.72 Å². The topological polar surface area (TPSA) is 61.7 Å². The van der Waals surface area contributed by atoms with Crippen molar-refractivity contribution in [3.8, 4) is 6.07 Å². The van der Waals surface area contributed by atoms with E-state index in [1.54, 1.807) is 6.20 Å². The zero-order valence-electron chi connectivity index (χ0n) is 14.5. The number of nitrogens with zero attached hydrogens (tertiary/aromatic N) is 2. The summed E-state index contributed by atoms with van der Waals surface area (Å²) in [6, 6.07) is 7.94. The maximum absolute atomic E-state index is 9.14. The van der Waals surface area contributed by atoms with Crippen molar-refractivity contribution in [3.63, 3.8) is 0 Å². The molecule has 0 saturated heterocycles. The van der Waals surface area contributed by atoms with Crippen LogP contribution in [0.3, 0.4) is 0 Å². The average molecular weight is 386 g/mol. The molecule has 2 aromatic heterocycles. The quantitative estimate of drug-likeness (QED) is 0.577. The lowest BCUT2D eigenvalue weighted by molar-refractivity contribution is 0.298. The summed E-state index contributed by atoms with van der Waals surface area (Å²) in [6.45, 7) is 8.21. The van der Waals surface area contributed by atoms with E-state index in [-0.39, 0.29) is 0 Å². The van der Waals surface area contributed by atoms with Gasteiger partial charge in [0, 0.05) is 29.2 Å². The Balaban J connectivity index is 2.02. The fraction of sp³-hybridized carbons (Fsp3) is 0.200. The summed E-state index contributed by atoms with van der Waals surface area (Å²) >= 11 is 12.9. The van der Waals surface area contributed by atoms with E-state index in [2.05, 4.69) is 28.7 Å². The van der Waals surface area contributed by atoms with Crippen molar-refractivity contribution in [2.45, 2.75) is 20.3 Å². The van der Waals surface area contributed by atoms with E-state index in [0.29, 0.717) is 40.1 Å². The molecule has 4 nitrogen and oxygen atoms in total. The summed E-state index contributed by atoms with van der Waals surface area (Å²) in [4.78, 5) is 7.59. The van der Waals surface area contributed by atoms with E-state index < -0.39 is 0 Å². The summed E-state index contributed by atoms with van der Waals surface area (Å²) in [5, 5.41) is 11.1. The second-order valence-corrected chi connectivity index (χ2v) is 6.73. The Morgan fingerprint density at radius 3 is 2.81 bits per heavy atom. The molecule has 132 valence electrons. The molecule has 0 radical (unpaired) electrons. The summed E-state index contributed by atoms with van der Waals surface area (Å²) < 4.78 is 5.42. The minimum atomic E-state index is 0.418. The van der Waals surface area contributed by atoms with Crippen LogP contribution in [-0.2, 0) is 11.2 Å². The number of fused-ring (bicyclic) bond motifs is 1. The van der Waals surface area contributed by atoms with Gasteiger partial charge in [0.05, 0.1) is 28.3 Å². The molecule has 0 unspecified atom stereocenters. The van der Waals surface area contributed by atoms with Gasteiger partial charge in [0.25, 0.3) is 0 Å². The van der Waals surface area contributed by atoms with Gasteiger partial charge >= 0.3 is 0 Å². The Labute approximate surface area is 162 Å². The molecule has 2 heterocycles. The number of hydrogen-bond acceptors (Lipinski definition) is 3. The number of aromatic nitrogens is 2. The Morgan fingerprint density at radius 2 is 2.12 bits per heavy atom. The van der Waals surface area contributed by atoms with Crippen LogP contribution in [0.5, 0.6) is 0 Å². The van der Waals surface area contributed by atoms with Crippen LogP contribution in [-0.4, -0.2) is 16.6 Å². The molecule has 0 fully saturated rings. The van der Waals surface area contributed by atoms with E-state index in [4.69, 9.17) is 33.2 Å². The first-order valence-electron chi connectivity index (χ1n) is 8.11. The van der Waals surface area contributed by atoms with Crippen LogP contribution in [0.1, 0.15) is 35.0 Å². The van der Waals surface area contributed by atoms with E-state index in [1.807, 2.05) is 26.0 Å². The number of halogens is 2. The van der Waals surface area contributed by atoms with Crippen LogP contribution < -0.4 is 0 Å². The lowest BCUT2D eigenvalue weighted by Gasteiger charge is -2.12. The fourth-order valence-corrected chi connectivity index (χ4v) is 3.51. The monoisotopic (exact) mass is 385 g/mol. The molecule has 0 bridgehead atoms. The van der Waals surface area contributed by atoms with Crippen molar-refractivity contribution >= 4 is 39.9 Å². The highest BCUT2D eigenvalue weighted by Gasteiger charge is 2.17. The number of hydrogen-bond donors (Lipinski definition) is 1. The summed E-state index contributed by atoms with van der Waals surface area (Å²) in [6.07, 6.45) is 2.06. The van der Waals surface area contributed by atoms with Gasteiger partial charge in [-0.3, -0.25) is 0 Å². The van der Waals surface area contributed by atoms with Gasteiger partial charge in [-0.15, -0.1) is 0 Å². The Kier molecular flexibility index (Phi) is 5.22. The highest BCUT2D eigenvalue weighted by molar-refractivity contribution is 6.36. The second kappa shape index (κ2) is 7.41. The first kappa shape index (κ1) is 18.3. The van der Waals surface area contributed by atoms with Crippen molar-refractivity contribution in [2.24, 2.45) is 0 Å². The smallest absolute Gasteiger partial charge is 0.139 e. The first-order chi connectivity index (χ1) is 12.4. The van der Waals surface area contributed by atoms with Crippen LogP contribution >= 0.6 is 23.2 Å². The average Bonchev–Trinajstić information content (AvgIpc) is 3.02. The van der Waals surface area contributed by atoms with Crippen LogP contribution in [0.25, 0.3) is 16.7 Å². The Morgan fingerprint density at radius 1 is 1.35 bits per heavy atom. The van der Waals surface area contributed by atoms with Gasteiger partial charge in [-0.1, -0.05) is 29.8 Å². The SMILES string of the molecule is C=C(OCC)c1ncc(Cl)c(Cc2cc3c(C)cc(C#N)cc3[nH]2)c1Cl. The van der Waals surface area contributed by atoms with Crippen LogP contribution in [0, 0.1) is 18.3 Å². The maximum Gasteiger partial charge on any atom is 0.139 e. The number of H-pyrrole nitrogens is 1. The largest absolute Gasteiger partial charge is 0.492 e. The fourth-order valence-electron chi connectivity index (χ4n) is 2.93. The zero-order chi connectivity index (χ0) is 18.8. The molecule has 0 spiro atoms. The standard InChI is InChI=1S/C20H17Cl2N3O/c1-4-26-12(3)20-19(22)16(17(21)10-24-20)8-14-7-15-11(2)5-13(9-23)6-18(15)25-14/h5-7,10,25H,3-4,8H2,1-2H3. The van der Waals surface area contributed by atoms with Crippen molar-refractivity contribution in [2.75, 3.05) is 6.61 Å². The summed E-state index contributed by atoms with van der Waals surface area (Å²) in [5.41, 5.74) is 4.77. The molecule has 1 N–H and O–H groups in total. The normalized spacial score (nSPS) is 10.7. The number of pyridine rings is 1. The molecule has 1 aromatic carbocycles. The van der Waals surface area contributed by atoms with Gasteiger partial charge in [0.15, 0.2) is 0 Å². The summed E-state index contributed by atoms with van der Waals surface area (Å²) in [7, 11) is 0. The van der Waals surface area contributed by atoms with E-state index >= 15 is 0 Å². The number of nitriles is 1. The molecular formula is C20H17Cl2N3O. The lowest BCUT2D eigenvalue weighted by Crippen LogP contribution is -2.00. The molecule has 0 aliphatic carbocycles. The molecule has 26 heavy (non-hydrogen) atoms. The summed E-state index contributed by atoms with van der Waals surface area (Å²) in [5.74, 6) is 0.418. The van der Waals surface area contributed by atoms with Crippen molar-refractivity contribution in [1.29, 1.82) is 5.26 Å². The molecule has 0 amide bonds. The van der Waals surface area contributed by atoms with Gasteiger partial charge in [-0.05, 0) is 43.2 Å². The molecule has 3 rings (SSSR count). The van der Waals surface area contributed by atoms with Gasteiger partial charge in [-0.25, -0.2) is 4.98 Å². The number of aromatic amines is 1. The minimum absolute atomic E-state index is 0.418. The minimum Gasteiger partial charge on any atom is -0.492 e. The van der Waals surface area contributed by atoms with Crippen molar-refractivity contribution < 1.29 is 4.74 Å². The predicted molar refractivity (Wildman–Crippen MR) is 105 cm³/mol.